The van der Waals surface area contributed by atoms with Crippen molar-refractivity contribution in [3.05, 3.63) is 11.8 Å². The molecule has 0 aliphatic carbocycles. The van der Waals surface area contributed by atoms with Crippen molar-refractivity contribution < 1.29 is 18.7 Å². The van der Waals surface area contributed by atoms with Gasteiger partial charge in [-0.2, -0.15) is 0 Å². The molecule has 0 saturated carbocycles. The quantitative estimate of drug-likeness (QED) is 0.551. The summed E-state index contributed by atoms with van der Waals surface area (Å²) in [5.74, 6) is 0.238. The largest absolute Gasteiger partial charge is 0.498 e. The maximum atomic E-state index is 11.3. The fourth-order valence-electron chi connectivity index (χ4n) is 2.31. The van der Waals surface area contributed by atoms with Gasteiger partial charge in [0, 0.05) is 0 Å². The topological polar surface area (TPSA) is 44.8 Å². The second-order valence-electron chi connectivity index (χ2n) is 4.67. The highest BCUT2D eigenvalue weighted by Gasteiger charge is 2.39. The summed E-state index contributed by atoms with van der Waals surface area (Å²) in [6, 6.07) is 3.19. The van der Waals surface area contributed by atoms with Gasteiger partial charge < -0.3 is 13.9 Å². The molecule has 104 valence electrons. The standard InChI is InChI=1S/C13H24O4Si/c1-6-18(7-2,8-3)17-13-10(4)16-12(14)9-11(13)15-5/h9-10,13H,6-8H2,1-5H3/t10-,13+/m0/s1. The Balaban J connectivity index is 2.92. The predicted octanol–water partition coefficient (Wildman–Crippen LogP) is 2.85. The van der Waals surface area contributed by atoms with Gasteiger partial charge in [-0.25, -0.2) is 4.79 Å². The molecule has 18 heavy (non-hydrogen) atoms. The molecule has 5 heteroatoms. The Labute approximate surface area is 110 Å². The summed E-state index contributed by atoms with van der Waals surface area (Å²) in [7, 11) is -0.169. The average molecular weight is 272 g/mol. The highest BCUT2D eigenvalue weighted by Crippen LogP contribution is 2.29. The number of cyclic esters (lactones) is 1. The molecule has 0 spiro atoms. The summed E-state index contributed by atoms with van der Waals surface area (Å²) in [4.78, 5) is 11.3. The van der Waals surface area contributed by atoms with Crippen molar-refractivity contribution >= 4 is 14.3 Å². The highest BCUT2D eigenvalue weighted by molar-refractivity contribution is 6.73. The zero-order chi connectivity index (χ0) is 13.8. The van der Waals surface area contributed by atoms with Crippen molar-refractivity contribution in [1.82, 2.24) is 0 Å². The number of ether oxygens (including phenoxy) is 2. The molecule has 0 amide bonds. The van der Waals surface area contributed by atoms with E-state index in [0.717, 1.165) is 18.1 Å². The first-order valence-corrected chi connectivity index (χ1v) is 9.18. The molecule has 1 rings (SSSR count). The van der Waals surface area contributed by atoms with Crippen molar-refractivity contribution in [3.63, 3.8) is 0 Å². The summed E-state index contributed by atoms with van der Waals surface area (Å²) < 4.78 is 16.9. The van der Waals surface area contributed by atoms with Crippen molar-refractivity contribution in [1.29, 1.82) is 0 Å². The molecule has 0 radical (unpaired) electrons. The lowest BCUT2D eigenvalue weighted by Gasteiger charge is -2.37. The molecule has 2 atom stereocenters. The molecule has 0 N–H and O–H groups in total. The van der Waals surface area contributed by atoms with Crippen LogP contribution in [0.15, 0.2) is 11.8 Å². The maximum Gasteiger partial charge on any atom is 0.334 e. The molecule has 0 fully saturated rings. The summed E-state index contributed by atoms with van der Waals surface area (Å²) in [6.45, 7) is 8.38. The molecule has 0 aromatic carbocycles. The van der Waals surface area contributed by atoms with Gasteiger partial charge in [0.2, 0.25) is 0 Å². The lowest BCUT2D eigenvalue weighted by molar-refractivity contribution is -0.150. The van der Waals surface area contributed by atoms with Crippen LogP contribution in [0, 0.1) is 0 Å². The van der Waals surface area contributed by atoms with Gasteiger partial charge in [-0.3, -0.25) is 0 Å². The monoisotopic (exact) mass is 272 g/mol. The van der Waals surface area contributed by atoms with Crippen LogP contribution >= 0.6 is 0 Å². The molecule has 4 nitrogen and oxygen atoms in total. The number of hydrogen-bond acceptors (Lipinski definition) is 4. The first-order valence-electron chi connectivity index (χ1n) is 6.65. The molecule has 0 aromatic rings. The summed E-state index contributed by atoms with van der Waals surface area (Å²) >= 11 is 0. The Kier molecular flexibility index (Phi) is 5.41. The van der Waals surface area contributed by atoms with E-state index in [1.54, 1.807) is 7.11 Å². The molecule has 0 aromatic heterocycles. The summed E-state index contributed by atoms with van der Waals surface area (Å²) in [5, 5.41) is 0. The predicted molar refractivity (Wildman–Crippen MR) is 72.7 cm³/mol. The second-order valence-corrected chi connectivity index (χ2v) is 9.40. The maximum absolute atomic E-state index is 11.3. The first kappa shape index (κ1) is 15.2. The molecular weight excluding hydrogens is 248 g/mol. The number of hydrogen-bond donors (Lipinski definition) is 0. The van der Waals surface area contributed by atoms with Gasteiger partial charge in [-0.05, 0) is 25.1 Å². The van der Waals surface area contributed by atoms with Crippen LogP contribution in [-0.4, -0.2) is 33.6 Å². The van der Waals surface area contributed by atoms with E-state index >= 15 is 0 Å². The second kappa shape index (κ2) is 6.38. The molecule has 0 saturated heterocycles. The van der Waals surface area contributed by atoms with Crippen LogP contribution < -0.4 is 0 Å². The zero-order valence-corrected chi connectivity index (χ0v) is 13.0. The van der Waals surface area contributed by atoms with Crippen LogP contribution in [0.25, 0.3) is 0 Å². The van der Waals surface area contributed by atoms with Gasteiger partial charge in [0.05, 0.1) is 13.2 Å². The number of carbonyl (C=O) groups excluding carboxylic acids is 1. The van der Waals surface area contributed by atoms with Gasteiger partial charge in [0.1, 0.15) is 18.0 Å². The van der Waals surface area contributed by atoms with E-state index in [1.807, 2.05) is 6.92 Å². The van der Waals surface area contributed by atoms with Gasteiger partial charge in [0.15, 0.2) is 8.32 Å². The fourth-order valence-corrected chi connectivity index (χ4v) is 5.15. The number of carbonyl (C=O) groups is 1. The Morgan fingerprint density at radius 1 is 1.28 bits per heavy atom. The molecule has 1 aliphatic rings. The Hall–Kier alpha value is -0.813. The molecule has 1 aliphatic heterocycles. The molecular formula is C13H24O4Si. The molecule has 0 bridgehead atoms. The number of esters is 1. The fraction of sp³-hybridized carbons (Fsp3) is 0.769. The van der Waals surface area contributed by atoms with Crippen molar-refractivity contribution in [2.24, 2.45) is 0 Å². The van der Waals surface area contributed by atoms with E-state index in [9.17, 15) is 4.79 Å². The van der Waals surface area contributed by atoms with Crippen LogP contribution in [0.2, 0.25) is 18.1 Å². The third-order valence-corrected chi connectivity index (χ3v) is 8.43. The normalized spacial score (nSPS) is 24.5. The van der Waals surface area contributed by atoms with Crippen LogP contribution in [-0.2, 0) is 18.7 Å². The van der Waals surface area contributed by atoms with E-state index in [4.69, 9.17) is 13.9 Å². The lowest BCUT2D eigenvalue weighted by atomic mass is 10.1. The smallest absolute Gasteiger partial charge is 0.334 e. The SMILES string of the molecule is CC[Si](CC)(CC)O[C@H]1C(OC)=CC(=O)O[C@H]1C. The highest BCUT2D eigenvalue weighted by atomic mass is 28.4. The summed E-state index contributed by atoms with van der Waals surface area (Å²) in [6.07, 6.45) is 0.860. The van der Waals surface area contributed by atoms with Gasteiger partial charge in [0.25, 0.3) is 0 Å². The van der Waals surface area contributed by atoms with E-state index in [0.29, 0.717) is 5.76 Å². The Bertz CT molecular complexity index is 315. The van der Waals surface area contributed by atoms with Crippen molar-refractivity contribution in [2.75, 3.05) is 7.11 Å². The van der Waals surface area contributed by atoms with Gasteiger partial charge >= 0.3 is 5.97 Å². The Morgan fingerprint density at radius 2 is 1.83 bits per heavy atom. The van der Waals surface area contributed by atoms with Gasteiger partial charge in [-0.15, -0.1) is 0 Å². The number of methoxy groups -OCH3 is 1. The van der Waals surface area contributed by atoms with Gasteiger partial charge in [-0.1, -0.05) is 20.8 Å². The van der Waals surface area contributed by atoms with Crippen molar-refractivity contribution in [3.8, 4) is 0 Å². The molecule has 0 unspecified atom stereocenters. The minimum atomic E-state index is -1.74. The van der Waals surface area contributed by atoms with Crippen LogP contribution in [0.3, 0.4) is 0 Å². The third kappa shape index (κ3) is 3.14. The lowest BCUT2D eigenvalue weighted by Crippen LogP contribution is -2.47. The number of rotatable bonds is 6. The Morgan fingerprint density at radius 3 is 2.28 bits per heavy atom. The van der Waals surface area contributed by atoms with E-state index in [2.05, 4.69) is 20.8 Å². The third-order valence-electron chi connectivity index (χ3n) is 3.81. The van der Waals surface area contributed by atoms with Crippen LogP contribution in [0.4, 0.5) is 0 Å². The van der Waals surface area contributed by atoms with Crippen molar-refractivity contribution in [2.45, 2.75) is 58.0 Å². The minimum absolute atomic E-state index is 0.251. The average Bonchev–Trinajstić information content (AvgIpc) is 2.38. The summed E-state index contributed by atoms with van der Waals surface area (Å²) in [5.41, 5.74) is 0. The van der Waals surface area contributed by atoms with Crippen LogP contribution in [0.1, 0.15) is 27.7 Å². The van der Waals surface area contributed by atoms with E-state index in [1.165, 1.54) is 6.08 Å². The first-order chi connectivity index (χ1) is 8.51. The molecule has 1 heterocycles. The zero-order valence-electron chi connectivity index (χ0n) is 12.0. The van der Waals surface area contributed by atoms with Crippen LogP contribution in [0.5, 0.6) is 0 Å². The van der Waals surface area contributed by atoms with E-state index in [-0.39, 0.29) is 18.2 Å². The van der Waals surface area contributed by atoms with E-state index < -0.39 is 8.32 Å². The minimum Gasteiger partial charge on any atom is -0.498 e.